The summed E-state index contributed by atoms with van der Waals surface area (Å²) >= 11 is 0. The number of hydrogen-bond donors (Lipinski definition) is 2. The van der Waals surface area contributed by atoms with E-state index in [0.717, 1.165) is 16.5 Å². The first-order valence-corrected chi connectivity index (χ1v) is 7.01. The largest absolute Gasteiger partial charge is 0.506 e. The zero-order chi connectivity index (χ0) is 11.0. The van der Waals surface area contributed by atoms with Crippen LogP contribution in [-0.2, 0) is 11.5 Å². The van der Waals surface area contributed by atoms with Gasteiger partial charge in [0.15, 0.2) is 0 Å². The lowest BCUT2D eigenvalue weighted by atomic mass is 10.1. The summed E-state index contributed by atoms with van der Waals surface area (Å²) in [7, 11) is -0.202. The average Bonchev–Trinajstić information content (AvgIpc) is 2.73. The molecule has 3 rings (SSSR count). The molecule has 82 valence electrons. The highest BCUT2D eigenvalue weighted by Gasteiger charge is 2.19. The first-order valence-electron chi connectivity index (χ1n) is 5.30. The smallest absolute Gasteiger partial charge is 0.133 e. The minimum Gasteiger partial charge on any atom is -0.506 e. The molecule has 0 atom stereocenters. The van der Waals surface area contributed by atoms with Crippen molar-refractivity contribution in [2.45, 2.75) is 16.5 Å². The molecule has 0 aliphatic carbocycles. The number of hydrogen-bond acceptors (Lipinski definition) is 2. The molecule has 0 unspecified atom stereocenters. The van der Waals surface area contributed by atoms with Gasteiger partial charge in [0.1, 0.15) is 5.75 Å². The number of pyridine rings is 1. The molecule has 1 aliphatic rings. The zero-order valence-corrected chi connectivity index (χ0v) is 9.69. The van der Waals surface area contributed by atoms with E-state index >= 15 is 0 Å². The van der Waals surface area contributed by atoms with Crippen molar-refractivity contribution >= 4 is 10.9 Å². The van der Waals surface area contributed by atoms with Gasteiger partial charge in [0.2, 0.25) is 0 Å². The minimum absolute atomic E-state index is 0.202. The highest BCUT2D eigenvalue weighted by atomic mass is 32.2. The maximum absolute atomic E-state index is 9.22. The van der Waals surface area contributed by atoms with Crippen LogP contribution in [0.4, 0.5) is 0 Å². The highest BCUT2D eigenvalue weighted by molar-refractivity contribution is 8.15. The molecular formula is C13H13NOS. The first-order chi connectivity index (χ1) is 7.83. The van der Waals surface area contributed by atoms with Gasteiger partial charge in [0.05, 0.1) is 11.2 Å². The maximum Gasteiger partial charge on any atom is 0.133 e. The summed E-state index contributed by atoms with van der Waals surface area (Å²) in [4.78, 5) is 4.32. The fourth-order valence-corrected chi connectivity index (χ4v) is 4.44. The Labute approximate surface area is 97.3 Å². The lowest BCUT2D eigenvalue weighted by Crippen LogP contribution is -1.85. The Kier molecular flexibility index (Phi) is 2.33. The van der Waals surface area contributed by atoms with Crippen molar-refractivity contribution in [3.8, 4) is 5.75 Å². The highest BCUT2D eigenvalue weighted by Crippen LogP contribution is 2.48. The number of thiol groups is 1. The minimum atomic E-state index is -0.202. The third-order valence-electron chi connectivity index (χ3n) is 2.90. The van der Waals surface area contributed by atoms with E-state index in [2.05, 4.69) is 29.2 Å². The third kappa shape index (κ3) is 1.67. The van der Waals surface area contributed by atoms with Crippen molar-refractivity contribution in [3.05, 3.63) is 53.7 Å². The van der Waals surface area contributed by atoms with Gasteiger partial charge >= 0.3 is 0 Å². The molecule has 1 aromatic carbocycles. The predicted molar refractivity (Wildman–Crippen MR) is 67.0 cm³/mol. The van der Waals surface area contributed by atoms with E-state index in [1.165, 1.54) is 11.1 Å². The molecular weight excluding hydrogens is 218 g/mol. The van der Waals surface area contributed by atoms with Crippen LogP contribution in [0.15, 0.2) is 47.6 Å². The van der Waals surface area contributed by atoms with E-state index in [4.69, 9.17) is 0 Å². The molecule has 16 heavy (non-hydrogen) atoms. The molecule has 0 saturated carbocycles. The fraction of sp³-hybridized carbons (Fsp3) is 0.154. The van der Waals surface area contributed by atoms with Crippen molar-refractivity contribution in [3.63, 3.8) is 0 Å². The molecule has 1 aromatic heterocycles. The summed E-state index contributed by atoms with van der Waals surface area (Å²) in [5, 5.41) is 10.4. The third-order valence-corrected chi connectivity index (χ3v) is 5.25. The summed E-state index contributed by atoms with van der Waals surface area (Å²) in [5.41, 5.74) is 2.92. The van der Waals surface area contributed by atoms with Gasteiger partial charge in [-0.15, -0.1) is 0 Å². The summed E-state index contributed by atoms with van der Waals surface area (Å²) < 4.78 is 0. The first kappa shape index (κ1) is 9.73. The molecule has 2 nitrogen and oxygen atoms in total. The average molecular weight is 231 g/mol. The number of benzene rings is 1. The Morgan fingerprint density at radius 3 is 2.25 bits per heavy atom. The predicted octanol–water partition coefficient (Wildman–Crippen LogP) is 2.86. The summed E-state index contributed by atoms with van der Waals surface area (Å²) in [6.45, 7) is 0. The maximum atomic E-state index is 9.22. The second-order valence-electron chi connectivity index (χ2n) is 4.00. The number of aromatic nitrogens is 1. The zero-order valence-electron chi connectivity index (χ0n) is 8.80. The Bertz CT molecular complexity index is 485. The summed E-state index contributed by atoms with van der Waals surface area (Å²) in [5.74, 6) is 2.50. The number of aromatic hydroxyl groups is 1. The van der Waals surface area contributed by atoms with Crippen molar-refractivity contribution < 1.29 is 5.11 Å². The Balaban J connectivity index is 1.88. The standard InChI is InChI=1S/C13H13NOS/c15-12-5-6-13(14-7-12)16-8-10-3-1-2-4-11(10)9-16/h1-7,15-16H,8-9H2. The van der Waals surface area contributed by atoms with Crippen molar-refractivity contribution in [1.82, 2.24) is 4.98 Å². The van der Waals surface area contributed by atoms with E-state index in [0.29, 0.717) is 0 Å². The van der Waals surface area contributed by atoms with Gasteiger partial charge in [-0.3, -0.25) is 0 Å². The Morgan fingerprint density at radius 1 is 1.00 bits per heavy atom. The fourth-order valence-electron chi connectivity index (χ4n) is 2.06. The summed E-state index contributed by atoms with van der Waals surface area (Å²) in [6.07, 6.45) is 1.54. The van der Waals surface area contributed by atoms with Crippen LogP contribution < -0.4 is 0 Å². The number of rotatable bonds is 1. The molecule has 2 heterocycles. The monoisotopic (exact) mass is 231 g/mol. The van der Waals surface area contributed by atoms with Crippen LogP contribution in [-0.4, -0.2) is 10.1 Å². The second-order valence-corrected chi connectivity index (χ2v) is 6.17. The van der Waals surface area contributed by atoms with Gasteiger partial charge in [0, 0.05) is 11.5 Å². The SMILES string of the molecule is Oc1ccc([SH]2Cc3ccccc3C2)nc1. The van der Waals surface area contributed by atoms with Crippen LogP contribution in [0.2, 0.25) is 0 Å². The van der Waals surface area contributed by atoms with E-state index < -0.39 is 0 Å². The Hall–Kier alpha value is -1.48. The van der Waals surface area contributed by atoms with Crippen LogP contribution in [0, 0.1) is 0 Å². The summed E-state index contributed by atoms with van der Waals surface area (Å²) in [6, 6.07) is 12.3. The van der Waals surface area contributed by atoms with Gasteiger partial charge in [0.25, 0.3) is 0 Å². The van der Waals surface area contributed by atoms with Crippen molar-refractivity contribution in [2.24, 2.45) is 0 Å². The van der Waals surface area contributed by atoms with Gasteiger partial charge in [-0.05, 0) is 23.3 Å². The van der Waals surface area contributed by atoms with E-state index in [1.807, 2.05) is 6.07 Å². The molecule has 0 bridgehead atoms. The van der Waals surface area contributed by atoms with Crippen LogP contribution >= 0.6 is 10.9 Å². The van der Waals surface area contributed by atoms with Gasteiger partial charge in [-0.1, -0.05) is 24.3 Å². The molecule has 0 spiro atoms. The molecule has 0 saturated heterocycles. The molecule has 3 heteroatoms. The van der Waals surface area contributed by atoms with E-state index in [9.17, 15) is 5.11 Å². The number of fused-ring (bicyclic) bond motifs is 1. The van der Waals surface area contributed by atoms with Gasteiger partial charge in [-0.2, -0.15) is 0 Å². The van der Waals surface area contributed by atoms with Gasteiger partial charge < -0.3 is 5.11 Å². The molecule has 0 radical (unpaired) electrons. The van der Waals surface area contributed by atoms with Gasteiger partial charge in [-0.25, -0.2) is 15.9 Å². The van der Waals surface area contributed by atoms with Crippen molar-refractivity contribution in [1.29, 1.82) is 0 Å². The molecule has 0 fully saturated rings. The van der Waals surface area contributed by atoms with Crippen LogP contribution in [0.25, 0.3) is 0 Å². The molecule has 2 aromatic rings. The Morgan fingerprint density at radius 2 is 1.69 bits per heavy atom. The van der Waals surface area contributed by atoms with Crippen LogP contribution in [0.5, 0.6) is 5.75 Å². The molecule has 1 N–H and O–H groups in total. The molecule has 0 amide bonds. The van der Waals surface area contributed by atoms with E-state index in [1.54, 1.807) is 12.3 Å². The topological polar surface area (TPSA) is 33.1 Å². The van der Waals surface area contributed by atoms with E-state index in [-0.39, 0.29) is 16.6 Å². The van der Waals surface area contributed by atoms with Crippen LogP contribution in [0.3, 0.4) is 0 Å². The van der Waals surface area contributed by atoms with Crippen LogP contribution in [0.1, 0.15) is 11.1 Å². The number of nitrogens with zero attached hydrogens (tertiary/aromatic N) is 1. The quantitative estimate of drug-likeness (QED) is 0.740. The molecule has 1 aliphatic heterocycles. The lowest BCUT2D eigenvalue weighted by molar-refractivity contribution is 0.471. The lowest BCUT2D eigenvalue weighted by Gasteiger charge is -2.12. The second kappa shape index (κ2) is 3.83. The van der Waals surface area contributed by atoms with Crippen molar-refractivity contribution in [2.75, 3.05) is 0 Å². The normalized spacial score (nSPS) is 16.1.